The molecule has 12 heavy (non-hydrogen) atoms. The van der Waals surface area contributed by atoms with Gasteiger partial charge in [-0.2, -0.15) is 0 Å². The maximum Gasteiger partial charge on any atom is 0.134 e. The quantitative estimate of drug-likeness (QED) is 0.452. The molecule has 1 aromatic heterocycles. The number of aromatic nitrogens is 2. The zero-order valence-electron chi connectivity index (χ0n) is 6.72. The van der Waals surface area contributed by atoms with Gasteiger partial charge in [0.25, 0.3) is 0 Å². The van der Waals surface area contributed by atoms with Gasteiger partial charge in [0.05, 0.1) is 0 Å². The minimum absolute atomic E-state index is 0.552. The highest BCUT2D eigenvalue weighted by Gasteiger charge is 2.02. The normalized spacial score (nSPS) is 9.83. The number of hydrogen-bond donors (Lipinski definition) is 1. The van der Waals surface area contributed by atoms with Crippen molar-refractivity contribution in [2.24, 2.45) is 0 Å². The molecule has 0 aliphatic rings. The fourth-order valence-electron chi connectivity index (χ4n) is 0.897. The van der Waals surface area contributed by atoms with Crippen molar-refractivity contribution < 1.29 is 0 Å². The van der Waals surface area contributed by atoms with Crippen LogP contribution >= 0.6 is 23.8 Å². The van der Waals surface area contributed by atoms with E-state index in [1.54, 1.807) is 6.08 Å². The van der Waals surface area contributed by atoms with Gasteiger partial charge in [-0.05, 0) is 13.3 Å². The predicted molar refractivity (Wildman–Crippen MR) is 53.1 cm³/mol. The SMILES string of the molecule is C=CCc1c(Cl)[nH]c(C)nc1=S. The fourth-order valence-corrected chi connectivity index (χ4v) is 1.58. The second kappa shape index (κ2) is 3.83. The molecule has 0 fully saturated rings. The van der Waals surface area contributed by atoms with Crippen molar-refractivity contribution in [2.45, 2.75) is 13.3 Å². The Bertz CT molecular complexity index is 357. The van der Waals surface area contributed by atoms with E-state index >= 15 is 0 Å². The van der Waals surface area contributed by atoms with E-state index in [-0.39, 0.29) is 0 Å². The van der Waals surface area contributed by atoms with Gasteiger partial charge in [-0.3, -0.25) is 0 Å². The Morgan fingerprint density at radius 3 is 2.92 bits per heavy atom. The smallest absolute Gasteiger partial charge is 0.134 e. The molecule has 0 unspecified atom stereocenters. The maximum atomic E-state index is 5.90. The first kappa shape index (κ1) is 9.42. The molecular weight excluding hydrogens is 192 g/mol. The van der Waals surface area contributed by atoms with Crippen molar-refractivity contribution in [3.8, 4) is 0 Å². The highest BCUT2D eigenvalue weighted by Crippen LogP contribution is 2.14. The van der Waals surface area contributed by atoms with Gasteiger partial charge in [0.15, 0.2) is 0 Å². The Labute approximate surface area is 81.3 Å². The Morgan fingerprint density at radius 1 is 1.75 bits per heavy atom. The van der Waals surface area contributed by atoms with Crippen LogP contribution in [-0.2, 0) is 6.42 Å². The molecular formula is C8H9ClN2S. The number of H-pyrrole nitrogens is 1. The molecule has 1 aromatic rings. The summed E-state index contributed by atoms with van der Waals surface area (Å²) >= 11 is 10.9. The summed E-state index contributed by atoms with van der Waals surface area (Å²) in [6.45, 7) is 5.43. The summed E-state index contributed by atoms with van der Waals surface area (Å²) in [5, 5.41) is 0.562. The van der Waals surface area contributed by atoms with E-state index in [9.17, 15) is 0 Å². The average molecular weight is 201 g/mol. The Morgan fingerprint density at radius 2 is 2.42 bits per heavy atom. The number of nitrogens with zero attached hydrogens (tertiary/aromatic N) is 1. The molecule has 0 saturated carbocycles. The largest absolute Gasteiger partial charge is 0.334 e. The highest BCUT2D eigenvalue weighted by molar-refractivity contribution is 7.71. The van der Waals surface area contributed by atoms with Crippen LogP contribution in [0, 0.1) is 11.6 Å². The second-order valence-corrected chi connectivity index (χ2v) is 3.18. The summed E-state index contributed by atoms with van der Waals surface area (Å²) in [7, 11) is 0. The highest BCUT2D eigenvalue weighted by atomic mass is 35.5. The van der Waals surface area contributed by atoms with E-state index in [0.29, 0.717) is 16.2 Å². The van der Waals surface area contributed by atoms with Gasteiger partial charge in [0, 0.05) is 5.56 Å². The van der Waals surface area contributed by atoms with Crippen molar-refractivity contribution in [3.05, 3.63) is 33.8 Å². The number of halogens is 1. The van der Waals surface area contributed by atoms with Crippen molar-refractivity contribution in [3.63, 3.8) is 0 Å². The molecule has 0 amide bonds. The van der Waals surface area contributed by atoms with Crippen LogP contribution in [0.2, 0.25) is 5.15 Å². The summed E-state index contributed by atoms with van der Waals surface area (Å²) in [5.74, 6) is 0.734. The van der Waals surface area contributed by atoms with Crippen molar-refractivity contribution in [2.75, 3.05) is 0 Å². The van der Waals surface area contributed by atoms with Gasteiger partial charge in [0.1, 0.15) is 15.6 Å². The maximum absolute atomic E-state index is 5.90. The van der Waals surface area contributed by atoms with Gasteiger partial charge in [-0.15, -0.1) is 6.58 Å². The van der Waals surface area contributed by atoms with E-state index in [0.717, 1.165) is 11.4 Å². The molecule has 0 aliphatic heterocycles. The van der Waals surface area contributed by atoms with Crippen LogP contribution in [0.25, 0.3) is 0 Å². The summed E-state index contributed by atoms with van der Waals surface area (Å²) < 4.78 is 0.552. The molecule has 1 N–H and O–H groups in total. The van der Waals surface area contributed by atoms with E-state index in [4.69, 9.17) is 23.8 Å². The second-order valence-electron chi connectivity index (χ2n) is 2.41. The number of rotatable bonds is 2. The van der Waals surface area contributed by atoms with Gasteiger partial charge in [-0.25, -0.2) is 4.98 Å². The van der Waals surface area contributed by atoms with Crippen LogP contribution in [0.3, 0.4) is 0 Å². The lowest BCUT2D eigenvalue weighted by Crippen LogP contribution is -1.95. The summed E-state index contributed by atoms with van der Waals surface area (Å²) in [4.78, 5) is 6.98. The van der Waals surface area contributed by atoms with E-state index in [2.05, 4.69) is 16.5 Å². The van der Waals surface area contributed by atoms with E-state index < -0.39 is 0 Å². The number of hydrogen-bond acceptors (Lipinski definition) is 2. The van der Waals surface area contributed by atoms with Crippen molar-refractivity contribution in [1.29, 1.82) is 0 Å². The Kier molecular flexibility index (Phi) is 3.00. The fraction of sp³-hybridized carbons (Fsp3) is 0.250. The first-order chi connectivity index (χ1) is 5.65. The molecule has 0 spiro atoms. The first-order valence-electron chi connectivity index (χ1n) is 3.51. The van der Waals surface area contributed by atoms with Crippen LogP contribution < -0.4 is 0 Å². The van der Waals surface area contributed by atoms with Gasteiger partial charge < -0.3 is 4.98 Å². The van der Waals surface area contributed by atoms with Crippen molar-refractivity contribution >= 4 is 23.8 Å². The molecule has 0 radical (unpaired) electrons. The monoisotopic (exact) mass is 200 g/mol. The third-order valence-electron chi connectivity index (χ3n) is 1.43. The van der Waals surface area contributed by atoms with Gasteiger partial charge in [0.2, 0.25) is 0 Å². The van der Waals surface area contributed by atoms with Crippen LogP contribution in [0.1, 0.15) is 11.4 Å². The number of nitrogens with one attached hydrogen (secondary N) is 1. The molecule has 0 saturated heterocycles. The van der Waals surface area contributed by atoms with Gasteiger partial charge >= 0.3 is 0 Å². The van der Waals surface area contributed by atoms with E-state index in [1.165, 1.54) is 0 Å². The molecule has 0 aromatic carbocycles. The average Bonchev–Trinajstić information content (AvgIpc) is 1.96. The molecule has 0 atom stereocenters. The summed E-state index contributed by atoms with van der Waals surface area (Å²) in [6.07, 6.45) is 2.41. The first-order valence-corrected chi connectivity index (χ1v) is 4.30. The number of aryl methyl sites for hydroxylation is 1. The third kappa shape index (κ3) is 1.93. The van der Waals surface area contributed by atoms with Crippen LogP contribution in [-0.4, -0.2) is 9.97 Å². The molecule has 1 heterocycles. The summed E-state index contributed by atoms with van der Waals surface area (Å²) in [5.41, 5.74) is 0.840. The zero-order chi connectivity index (χ0) is 9.14. The molecule has 2 nitrogen and oxygen atoms in total. The van der Waals surface area contributed by atoms with Crippen molar-refractivity contribution in [1.82, 2.24) is 9.97 Å². The Hall–Kier alpha value is -0.670. The number of aromatic amines is 1. The standard InChI is InChI=1S/C8H9ClN2S/c1-3-4-6-7(9)10-5(2)11-8(6)12/h3H,1,4H2,2H3,(H,10,11,12). The van der Waals surface area contributed by atoms with Crippen LogP contribution in [0.4, 0.5) is 0 Å². The van der Waals surface area contributed by atoms with Crippen LogP contribution in [0.15, 0.2) is 12.7 Å². The minimum Gasteiger partial charge on any atom is -0.334 e. The van der Waals surface area contributed by atoms with Gasteiger partial charge in [-0.1, -0.05) is 29.9 Å². The lowest BCUT2D eigenvalue weighted by atomic mass is 10.2. The molecule has 0 aliphatic carbocycles. The van der Waals surface area contributed by atoms with Crippen LogP contribution in [0.5, 0.6) is 0 Å². The number of allylic oxidation sites excluding steroid dienone is 1. The zero-order valence-corrected chi connectivity index (χ0v) is 8.30. The molecule has 4 heteroatoms. The lowest BCUT2D eigenvalue weighted by Gasteiger charge is -2.01. The molecule has 0 bridgehead atoms. The minimum atomic E-state index is 0.552. The molecule has 64 valence electrons. The third-order valence-corrected chi connectivity index (χ3v) is 2.09. The summed E-state index contributed by atoms with van der Waals surface area (Å²) in [6, 6.07) is 0. The lowest BCUT2D eigenvalue weighted by molar-refractivity contribution is 1.000. The topological polar surface area (TPSA) is 28.7 Å². The van der Waals surface area contributed by atoms with E-state index in [1.807, 2.05) is 6.92 Å². The molecule has 1 rings (SSSR count). The predicted octanol–water partition coefficient (Wildman–Crippen LogP) is 2.83. The Balaban J connectivity index is 3.28.